The van der Waals surface area contributed by atoms with Crippen molar-refractivity contribution in [3.63, 3.8) is 0 Å². The van der Waals surface area contributed by atoms with Crippen LogP contribution in [-0.2, 0) is 6.42 Å². The third-order valence-corrected chi connectivity index (χ3v) is 6.47. The minimum absolute atomic E-state index is 0.0559. The van der Waals surface area contributed by atoms with Gasteiger partial charge in [-0.25, -0.2) is 22.0 Å². The van der Waals surface area contributed by atoms with Gasteiger partial charge in [-0.3, -0.25) is 15.4 Å². The molecule has 5 nitrogen and oxygen atoms in total. The molecule has 0 atom stereocenters. The Morgan fingerprint density at radius 2 is 1.81 bits per heavy atom. The van der Waals surface area contributed by atoms with E-state index in [9.17, 15) is 30.7 Å². The van der Waals surface area contributed by atoms with Crippen molar-refractivity contribution in [3.05, 3.63) is 59.0 Å². The molecule has 13 heteroatoms. The summed E-state index contributed by atoms with van der Waals surface area (Å²) >= 11 is 0. The fourth-order valence-corrected chi connectivity index (χ4v) is 4.39. The summed E-state index contributed by atoms with van der Waals surface area (Å²) in [7, 11) is 0. The highest BCUT2D eigenvalue weighted by atomic mass is 19.4. The fraction of sp³-hybridized carbons (Fsp3) is 0.375. The zero-order chi connectivity index (χ0) is 27.3. The van der Waals surface area contributed by atoms with Crippen LogP contribution in [-0.4, -0.2) is 34.5 Å². The van der Waals surface area contributed by atoms with Gasteiger partial charge in [-0.1, -0.05) is 0 Å². The molecular weight excluding hydrogens is 510 g/mol. The quantitative estimate of drug-likeness (QED) is 0.209. The number of aromatic nitrogens is 2. The number of fused-ring (bicyclic) bond motifs is 1. The predicted octanol–water partition coefficient (Wildman–Crippen LogP) is 6.46. The maximum Gasteiger partial charge on any atom is 0.394 e. The highest BCUT2D eigenvalue weighted by Gasteiger charge is 2.62. The average molecular weight is 531 g/mol. The molecule has 0 saturated heterocycles. The van der Waals surface area contributed by atoms with Crippen molar-refractivity contribution in [2.45, 2.75) is 45.2 Å². The van der Waals surface area contributed by atoms with Crippen LogP contribution in [0.2, 0.25) is 0 Å². The van der Waals surface area contributed by atoms with Crippen LogP contribution < -0.4 is 10.5 Å². The van der Waals surface area contributed by atoms with Crippen molar-refractivity contribution in [1.82, 2.24) is 9.55 Å². The molecule has 2 aromatic carbocycles. The molecule has 1 fully saturated rings. The van der Waals surface area contributed by atoms with E-state index in [1.807, 2.05) is 0 Å². The minimum atomic E-state index is -4.42. The molecule has 1 aromatic heterocycles. The largest absolute Gasteiger partial charge is 0.394 e. The minimum Gasteiger partial charge on any atom is -0.320 e. The lowest BCUT2D eigenvalue weighted by Gasteiger charge is -2.27. The van der Waals surface area contributed by atoms with Crippen molar-refractivity contribution < 1.29 is 35.1 Å². The summed E-state index contributed by atoms with van der Waals surface area (Å²) in [5.41, 5.74) is -2.92. The molecule has 3 aromatic rings. The number of halogens is 8. The first kappa shape index (κ1) is 26.6. The van der Waals surface area contributed by atoms with E-state index >= 15 is 4.39 Å². The Morgan fingerprint density at radius 1 is 1.14 bits per heavy atom. The maximum absolute atomic E-state index is 15.0. The molecule has 0 aliphatic heterocycles. The van der Waals surface area contributed by atoms with Crippen LogP contribution in [0.3, 0.4) is 0 Å². The number of nitrogens with zero attached hydrogens (tertiary/aromatic N) is 3. The summed E-state index contributed by atoms with van der Waals surface area (Å²) in [4.78, 5) is 4.54. The SMILES string of the molecule is CC(=N)n1c(=N)nc(N(CC(F)F)c2cc(F)cc(CCC3(C(F)(F)F)CC3)c2)c2c(F)c(F)ccc21. The lowest BCUT2D eigenvalue weighted by Crippen LogP contribution is -2.33. The van der Waals surface area contributed by atoms with Gasteiger partial charge in [-0.2, -0.15) is 18.2 Å². The fourth-order valence-electron chi connectivity index (χ4n) is 4.39. The highest BCUT2D eigenvalue weighted by molar-refractivity contribution is 5.97. The van der Waals surface area contributed by atoms with E-state index in [0.29, 0.717) is 4.90 Å². The molecule has 0 unspecified atom stereocenters. The molecule has 0 radical (unpaired) electrons. The van der Waals surface area contributed by atoms with E-state index in [1.165, 1.54) is 13.0 Å². The van der Waals surface area contributed by atoms with Crippen LogP contribution in [0.4, 0.5) is 46.6 Å². The van der Waals surface area contributed by atoms with Gasteiger partial charge in [0.2, 0.25) is 5.62 Å². The second kappa shape index (κ2) is 9.42. The van der Waals surface area contributed by atoms with Crippen LogP contribution >= 0.6 is 0 Å². The topological polar surface area (TPSA) is 68.8 Å². The number of rotatable bonds is 7. The van der Waals surface area contributed by atoms with Gasteiger partial charge in [0, 0.05) is 5.69 Å². The van der Waals surface area contributed by atoms with Crippen LogP contribution in [0.5, 0.6) is 0 Å². The summed E-state index contributed by atoms with van der Waals surface area (Å²) in [6.07, 6.45) is -8.14. The molecule has 4 rings (SSSR count). The molecule has 198 valence electrons. The van der Waals surface area contributed by atoms with Crippen molar-refractivity contribution in [2.24, 2.45) is 5.41 Å². The summed E-state index contributed by atoms with van der Waals surface area (Å²) in [6.45, 7) is 0.0872. The normalized spacial score (nSPS) is 14.9. The van der Waals surface area contributed by atoms with Gasteiger partial charge in [0.05, 0.1) is 22.9 Å². The van der Waals surface area contributed by atoms with E-state index < -0.39 is 58.8 Å². The number of hydrogen-bond donors (Lipinski definition) is 2. The van der Waals surface area contributed by atoms with E-state index in [4.69, 9.17) is 10.8 Å². The second-order valence-electron chi connectivity index (χ2n) is 9.03. The highest BCUT2D eigenvalue weighted by Crippen LogP contribution is 2.60. The molecule has 1 heterocycles. The predicted molar refractivity (Wildman–Crippen MR) is 120 cm³/mol. The molecular formula is C24H21F8N5. The number of nitrogens with one attached hydrogen (secondary N) is 2. The Balaban J connectivity index is 1.87. The molecule has 0 amide bonds. The molecule has 0 spiro atoms. The first-order valence-electron chi connectivity index (χ1n) is 11.2. The van der Waals surface area contributed by atoms with E-state index in [-0.39, 0.29) is 48.3 Å². The zero-order valence-electron chi connectivity index (χ0n) is 19.4. The van der Waals surface area contributed by atoms with Gasteiger partial charge in [0.1, 0.15) is 17.5 Å². The van der Waals surface area contributed by atoms with Crippen LogP contribution in [0, 0.1) is 33.7 Å². The van der Waals surface area contributed by atoms with Crippen LogP contribution in [0.15, 0.2) is 30.3 Å². The van der Waals surface area contributed by atoms with E-state index in [2.05, 4.69) is 4.98 Å². The van der Waals surface area contributed by atoms with Gasteiger partial charge in [0.25, 0.3) is 6.43 Å². The average Bonchev–Trinajstić information content (AvgIpc) is 3.59. The Bertz CT molecular complexity index is 1430. The molecule has 1 saturated carbocycles. The molecule has 1 aliphatic rings. The lowest BCUT2D eigenvalue weighted by atomic mass is 9.96. The number of anilines is 2. The van der Waals surface area contributed by atoms with Gasteiger partial charge in [-0.15, -0.1) is 0 Å². The van der Waals surface area contributed by atoms with Crippen molar-refractivity contribution >= 4 is 28.2 Å². The number of alkyl halides is 5. The summed E-state index contributed by atoms with van der Waals surface area (Å²) in [6, 6.07) is 4.79. The first-order valence-corrected chi connectivity index (χ1v) is 11.2. The van der Waals surface area contributed by atoms with Crippen molar-refractivity contribution in [2.75, 3.05) is 11.4 Å². The lowest BCUT2D eigenvalue weighted by molar-refractivity contribution is -0.188. The van der Waals surface area contributed by atoms with E-state index in [1.54, 1.807) is 0 Å². The Morgan fingerprint density at radius 3 is 2.38 bits per heavy atom. The number of hydrogen-bond acceptors (Lipinski definition) is 4. The third kappa shape index (κ3) is 5.03. The monoisotopic (exact) mass is 531 g/mol. The Kier molecular flexibility index (Phi) is 6.76. The molecule has 0 bridgehead atoms. The molecule has 2 N–H and O–H groups in total. The number of aryl methyl sites for hydroxylation is 1. The van der Waals surface area contributed by atoms with Crippen LogP contribution in [0.1, 0.15) is 31.7 Å². The standard InChI is InChI=1S/C24H21F8N5/c1-12(33)37-17-3-2-16(26)20(29)19(17)21(35-22(37)34)36(11-18(27)28)15-9-13(8-14(25)10-15)4-5-23(6-7-23)24(30,31)32/h2-3,8-10,18,33-34H,4-7,11H2,1H3. The summed E-state index contributed by atoms with van der Waals surface area (Å²) in [5.74, 6) is -4.67. The first-order chi connectivity index (χ1) is 17.2. The Hall–Kier alpha value is -3.51. The van der Waals surface area contributed by atoms with Gasteiger partial charge >= 0.3 is 6.18 Å². The van der Waals surface area contributed by atoms with E-state index in [0.717, 1.165) is 28.8 Å². The second-order valence-corrected chi connectivity index (χ2v) is 9.03. The van der Waals surface area contributed by atoms with Crippen molar-refractivity contribution in [3.8, 4) is 0 Å². The van der Waals surface area contributed by atoms with Crippen LogP contribution in [0.25, 0.3) is 10.9 Å². The van der Waals surface area contributed by atoms with Gasteiger partial charge < -0.3 is 4.90 Å². The van der Waals surface area contributed by atoms with Crippen molar-refractivity contribution in [1.29, 1.82) is 10.8 Å². The smallest absolute Gasteiger partial charge is 0.320 e. The molecule has 37 heavy (non-hydrogen) atoms. The third-order valence-electron chi connectivity index (χ3n) is 6.47. The maximum atomic E-state index is 15.0. The van der Waals surface area contributed by atoms with Gasteiger partial charge in [-0.05, 0) is 68.5 Å². The molecule has 1 aliphatic carbocycles. The Labute approximate surface area is 205 Å². The summed E-state index contributed by atoms with van der Waals surface area (Å²) < 4.78 is 112. The zero-order valence-corrected chi connectivity index (χ0v) is 19.4. The summed E-state index contributed by atoms with van der Waals surface area (Å²) in [5, 5.41) is 15.4. The van der Waals surface area contributed by atoms with Gasteiger partial charge in [0.15, 0.2) is 11.6 Å². The number of benzene rings is 2.